The number of rotatable bonds is 2. The lowest BCUT2D eigenvalue weighted by Crippen LogP contribution is -2.29. The average Bonchev–Trinajstić information content (AvgIpc) is 2.44. The van der Waals surface area contributed by atoms with Crippen molar-refractivity contribution in [2.45, 2.75) is 32.2 Å². The fourth-order valence-corrected chi connectivity index (χ4v) is 1.27. The first-order valence-electron chi connectivity index (χ1n) is 4.45. The second kappa shape index (κ2) is 3.54. The third-order valence-corrected chi connectivity index (χ3v) is 1.99. The van der Waals surface area contributed by atoms with E-state index in [-0.39, 0.29) is 11.3 Å². The van der Waals surface area contributed by atoms with Crippen LogP contribution in [0.15, 0.2) is 9.32 Å². The van der Waals surface area contributed by atoms with Crippen molar-refractivity contribution in [2.24, 2.45) is 5.73 Å². The number of carboxylic acids is 1. The van der Waals surface area contributed by atoms with Crippen LogP contribution in [0.4, 0.5) is 0 Å². The molecule has 4 N–H and O–H groups in total. The highest BCUT2D eigenvalue weighted by Gasteiger charge is 2.31. The van der Waals surface area contributed by atoms with Gasteiger partial charge in [0.1, 0.15) is 11.8 Å². The quantitative estimate of drug-likeness (QED) is 0.658. The maximum Gasteiger partial charge on any atom is 0.325 e. The van der Waals surface area contributed by atoms with E-state index in [1.165, 1.54) is 0 Å². The predicted octanol–water partition coefficient (Wildman–Crippen LogP) is 0.350. The van der Waals surface area contributed by atoms with Crippen LogP contribution in [0.5, 0.6) is 0 Å². The molecule has 0 unspecified atom stereocenters. The Kier molecular flexibility index (Phi) is 2.72. The molecule has 0 aliphatic carbocycles. The molecule has 1 heterocycles. The molecular formula is C9H14N2O4. The number of aromatic nitrogens is 1. The Bertz CT molecular complexity index is 424. The van der Waals surface area contributed by atoms with Gasteiger partial charge in [-0.05, 0) is 0 Å². The molecule has 1 aromatic rings. The monoisotopic (exact) mass is 214 g/mol. The SMILES string of the molecule is CC(C)(C)c1o[nH]c(=O)c1[C@@H](N)C(=O)O. The van der Waals surface area contributed by atoms with Gasteiger partial charge in [-0.25, -0.2) is 0 Å². The summed E-state index contributed by atoms with van der Waals surface area (Å²) in [5, 5.41) is 10.9. The molecule has 6 heteroatoms. The number of hydrogen-bond donors (Lipinski definition) is 3. The van der Waals surface area contributed by atoms with Gasteiger partial charge in [0, 0.05) is 5.41 Å². The summed E-state index contributed by atoms with van der Waals surface area (Å²) in [6.45, 7) is 5.41. The van der Waals surface area contributed by atoms with E-state index in [1.54, 1.807) is 20.8 Å². The van der Waals surface area contributed by atoms with Crippen molar-refractivity contribution in [1.29, 1.82) is 0 Å². The van der Waals surface area contributed by atoms with Crippen molar-refractivity contribution in [2.75, 3.05) is 0 Å². The first-order chi connectivity index (χ1) is 6.75. The molecule has 0 aliphatic heterocycles. The van der Waals surface area contributed by atoms with E-state index in [9.17, 15) is 9.59 Å². The van der Waals surface area contributed by atoms with Crippen LogP contribution in [-0.2, 0) is 10.2 Å². The van der Waals surface area contributed by atoms with Crippen molar-refractivity contribution in [3.63, 3.8) is 0 Å². The molecule has 0 fully saturated rings. The number of aromatic amines is 1. The first kappa shape index (κ1) is 11.5. The molecule has 0 saturated carbocycles. The van der Waals surface area contributed by atoms with Crippen molar-refractivity contribution in [3.05, 3.63) is 21.7 Å². The first-order valence-corrected chi connectivity index (χ1v) is 4.45. The molecule has 1 rings (SSSR count). The zero-order valence-electron chi connectivity index (χ0n) is 8.83. The molecule has 0 spiro atoms. The predicted molar refractivity (Wildman–Crippen MR) is 52.6 cm³/mol. The van der Waals surface area contributed by atoms with Gasteiger partial charge in [0.2, 0.25) is 0 Å². The molecule has 15 heavy (non-hydrogen) atoms. The Balaban J connectivity index is 3.34. The Hall–Kier alpha value is -1.56. The standard InChI is InChI=1S/C9H14N2O4/c1-9(2,3)6-4(5(10)8(13)14)7(12)11-15-6/h5H,10H2,1-3H3,(H,11,12)(H,13,14)/t5-/m1/s1. The topological polar surface area (TPSA) is 109 Å². The molecule has 0 radical (unpaired) electrons. The Morgan fingerprint density at radius 2 is 2.07 bits per heavy atom. The zero-order valence-corrected chi connectivity index (χ0v) is 8.83. The summed E-state index contributed by atoms with van der Waals surface area (Å²) in [6.07, 6.45) is 0. The summed E-state index contributed by atoms with van der Waals surface area (Å²) >= 11 is 0. The second-order valence-corrected chi connectivity index (χ2v) is 4.34. The van der Waals surface area contributed by atoms with Crippen LogP contribution in [0.25, 0.3) is 0 Å². The molecule has 84 valence electrons. The maximum absolute atomic E-state index is 11.3. The number of nitrogens with one attached hydrogen (secondary N) is 1. The van der Waals surface area contributed by atoms with Gasteiger partial charge in [0.15, 0.2) is 0 Å². The van der Waals surface area contributed by atoms with Crippen molar-refractivity contribution in [3.8, 4) is 0 Å². The van der Waals surface area contributed by atoms with Gasteiger partial charge in [-0.2, -0.15) is 5.16 Å². The highest BCUT2D eigenvalue weighted by molar-refractivity contribution is 5.75. The van der Waals surface area contributed by atoms with Crippen LogP contribution in [0, 0.1) is 0 Å². The highest BCUT2D eigenvalue weighted by atomic mass is 16.5. The number of carbonyl (C=O) groups is 1. The van der Waals surface area contributed by atoms with Gasteiger partial charge in [0.25, 0.3) is 5.56 Å². The minimum atomic E-state index is -1.36. The zero-order chi connectivity index (χ0) is 11.8. The lowest BCUT2D eigenvalue weighted by atomic mass is 9.88. The third-order valence-electron chi connectivity index (χ3n) is 1.99. The maximum atomic E-state index is 11.3. The van der Waals surface area contributed by atoms with E-state index < -0.39 is 23.0 Å². The van der Waals surface area contributed by atoms with Crippen LogP contribution in [0.1, 0.15) is 38.1 Å². The number of hydrogen-bond acceptors (Lipinski definition) is 4. The second-order valence-electron chi connectivity index (χ2n) is 4.34. The molecule has 0 amide bonds. The summed E-state index contributed by atoms with van der Waals surface area (Å²) in [6, 6.07) is -1.36. The summed E-state index contributed by atoms with van der Waals surface area (Å²) in [5.74, 6) is -0.977. The van der Waals surface area contributed by atoms with E-state index in [0.717, 1.165) is 0 Å². The van der Waals surface area contributed by atoms with Gasteiger partial charge in [-0.15, -0.1) is 0 Å². The van der Waals surface area contributed by atoms with E-state index in [1.807, 2.05) is 0 Å². The normalized spacial score (nSPS) is 13.9. The number of carboxylic acid groups (broad SMARTS) is 1. The molecular weight excluding hydrogens is 200 g/mol. The smallest absolute Gasteiger partial charge is 0.325 e. The molecule has 0 aliphatic rings. The summed E-state index contributed by atoms with van der Waals surface area (Å²) in [7, 11) is 0. The largest absolute Gasteiger partial charge is 0.480 e. The van der Waals surface area contributed by atoms with Crippen LogP contribution in [0.2, 0.25) is 0 Å². The Morgan fingerprint density at radius 3 is 2.47 bits per heavy atom. The van der Waals surface area contributed by atoms with Crippen LogP contribution in [-0.4, -0.2) is 16.2 Å². The van der Waals surface area contributed by atoms with Gasteiger partial charge in [-0.1, -0.05) is 20.8 Å². The molecule has 0 saturated heterocycles. The number of aliphatic carboxylic acids is 1. The van der Waals surface area contributed by atoms with Gasteiger partial charge in [-0.3, -0.25) is 9.59 Å². The molecule has 1 aromatic heterocycles. The summed E-state index contributed by atoms with van der Waals surface area (Å²) in [5.41, 5.74) is 4.32. The number of H-pyrrole nitrogens is 1. The van der Waals surface area contributed by atoms with Crippen LogP contribution in [0.3, 0.4) is 0 Å². The number of nitrogens with two attached hydrogens (primary N) is 1. The fourth-order valence-electron chi connectivity index (χ4n) is 1.27. The van der Waals surface area contributed by atoms with E-state index in [0.29, 0.717) is 0 Å². The summed E-state index contributed by atoms with van der Waals surface area (Å²) < 4.78 is 4.95. The summed E-state index contributed by atoms with van der Waals surface area (Å²) in [4.78, 5) is 22.0. The van der Waals surface area contributed by atoms with Gasteiger partial charge in [0.05, 0.1) is 5.56 Å². The molecule has 1 atom stereocenters. The minimum Gasteiger partial charge on any atom is -0.480 e. The van der Waals surface area contributed by atoms with Gasteiger partial charge >= 0.3 is 5.97 Å². The molecule has 6 nitrogen and oxygen atoms in total. The lowest BCUT2D eigenvalue weighted by molar-refractivity contribution is -0.138. The Labute approximate surface area is 86.0 Å². The van der Waals surface area contributed by atoms with Gasteiger partial charge < -0.3 is 15.4 Å². The Morgan fingerprint density at radius 1 is 1.53 bits per heavy atom. The van der Waals surface area contributed by atoms with Crippen LogP contribution < -0.4 is 11.3 Å². The van der Waals surface area contributed by atoms with E-state index >= 15 is 0 Å². The van der Waals surface area contributed by atoms with Crippen molar-refractivity contribution < 1.29 is 14.4 Å². The fraction of sp³-hybridized carbons (Fsp3) is 0.556. The van der Waals surface area contributed by atoms with Crippen LogP contribution >= 0.6 is 0 Å². The van der Waals surface area contributed by atoms with E-state index in [2.05, 4.69) is 5.16 Å². The lowest BCUT2D eigenvalue weighted by Gasteiger charge is -2.16. The third kappa shape index (κ3) is 2.10. The van der Waals surface area contributed by atoms with Crippen molar-refractivity contribution in [1.82, 2.24) is 5.16 Å². The molecule has 0 aromatic carbocycles. The van der Waals surface area contributed by atoms with Crippen molar-refractivity contribution >= 4 is 5.97 Å². The minimum absolute atomic E-state index is 0.0185. The average molecular weight is 214 g/mol. The molecule has 0 bridgehead atoms. The highest BCUT2D eigenvalue weighted by Crippen LogP contribution is 2.26. The van der Waals surface area contributed by atoms with E-state index in [4.69, 9.17) is 15.4 Å².